The number of rotatable bonds is 4. The molecule has 0 saturated heterocycles. The Balaban J connectivity index is 2.38. The van der Waals surface area contributed by atoms with Crippen LogP contribution in [-0.2, 0) is 10.0 Å². The van der Waals surface area contributed by atoms with Crippen molar-refractivity contribution in [2.24, 2.45) is 5.84 Å². The highest BCUT2D eigenvalue weighted by molar-refractivity contribution is 7.92. The predicted molar refractivity (Wildman–Crippen MR) is 84.3 cm³/mol. The zero-order valence-electron chi connectivity index (χ0n) is 10.3. The third kappa shape index (κ3) is 3.69. The average molecular weight is 368 g/mol. The van der Waals surface area contributed by atoms with Crippen LogP contribution in [0.3, 0.4) is 0 Å². The smallest absolute Gasteiger partial charge is 0.263 e. The first-order valence-electron chi connectivity index (χ1n) is 5.43. The molecular weight excluding hydrogens is 359 g/mol. The Morgan fingerprint density at radius 1 is 1.10 bits per heavy atom. The van der Waals surface area contributed by atoms with Gasteiger partial charge in [-0.25, -0.2) is 19.2 Å². The Bertz CT molecular complexity index is 783. The molecule has 0 saturated carbocycles. The summed E-state index contributed by atoms with van der Waals surface area (Å²) in [5.41, 5.74) is 2.40. The fourth-order valence-corrected chi connectivity index (χ4v) is 3.17. The molecule has 1 aromatic heterocycles. The topological polar surface area (TPSA) is 97.1 Å². The van der Waals surface area contributed by atoms with E-state index in [2.05, 4.69) is 15.1 Å². The van der Waals surface area contributed by atoms with Gasteiger partial charge in [0.15, 0.2) is 5.82 Å². The maximum atomic E-state index is 12.3. The van der Waals surface area contributed by atoms with E-state index in [9.17, 15) is 8.42 Å². The summed E-state index contributed by atoms with van der Waals surface area (Å²) < 4.78 is 26.8. The second kappa shape index (κ2) is 6.25. The molecule has 21 heavy (non-hydrogen) atoms. The van der Waals surface area contributed by atoms with E-state index >= 15 is 0 Å². The number of halogens is 3. The van der Waals surface area contributed by atoms with E-state index in [-0.39, 0.29) is 26.4 Å². The van der Waals surface area contributed by atoms with Crippen molar-refractivity contribution in [3.8, 4) is 0 Å². The van der Waals surface area contributed by atoms with Crippen molar-refractivity contribution >= 4 is 56.3 Å². The minimum atomic E-state index is -3.91. The van der Waals surface area contributed by atoms with Crippen molar-refractivity contribution in [2.45, 2.75) is 4.90 Å². The number of pyridine rings is 1. The first kappa shape index (κ1) is 16.1. The van der Waals surface area contributed by atoms with Gasteiger partial charge >= 0.3 is 0 Å². The highest BCUT2D eigenvalue weighted by Crippen LogP contribution is 2.28. The summed E-state index contributed by atoms with van der Waals surface area (Å²) in [5.74, 6) is 5.34. The predicted octanol–water partition coefficient (Wildman–Crippen LogP) is 3.13. The number of hydrogen-bond acceptors (Lipinski definition) is 5. The molecule has 0 fully saturated rings. The number of nitrogens with two attached hydrogens (primary N) is 1. The van der Waals surface area contributed by atoms with Crippen LogP contribution in [-0.4, -0.2) is 13.4 Å². The minimum Gasteiger partial charge on any atom is -0.307 e. The molecule has 0 bridgehead atoms. The van der Waals surface area contributed by atoms with Gasteiger partial charge in [-0.05, 0) is 24.3 Å². The van der Waals surface area contributed by atoms with Gasteiger partial charge in [-0.2, -0.15) is 0 Å². The third-order valence-electron chi connectivity index (χ3n) is 2.44. The van der Waals surface area contributed by atoms with Crippen LogP contribution in [0, 0.1) is 0 Å². The molecule has 0 amide bonds. The van der Waals surface area contributed by atoms with Gasteiger partial charge in [0.2, 0.25) is 0 Å². The van der Waals surface area contributed by atoms with Crippen molar-refractivity contribution in [1.29, 1.82) is 0 Å². The van der Waals surface area contributed by atoms with Gasteiger partial charge in [0, 0.05) is 11.2 Å². The highest BCUT2D eigenvalue weighted by atomic mass is 35.5. The van der Waals surface area contributed by atoms with E-state index in [1.54, 1.807) is 6.07 Å². The number of hydrogen-bond donors (Lipinski definition) is 3. The van der Waals surface area contributed by atoms with Crippen molar-refractivity contribution in [1.82, 2.24) is 4.98 Å². The lowest BCUT2D eigenvalue weighted by molar-refractivity contribution is 0.601. The summed E-state index contributed by atoms with van der Waals surface area (Å²) >= 11 is 17.6. The van der Waals surface area contributed by atoms with Gasteiger partial charge in [-0.1, -0.05) is 34.8 Å². The van der Waals surface area contributed by atoms with Crippen LogP contribution < -0.4 is 16.0 Å². The number of sulfonamides is 1. The summed E-state index contributed by atoms with van der Waals surface area (Å²) in [4.78, 5) is 3.66. The Morgan fingerprint density at radius 3 is 2.43 bits per heavy atom. The molecule has 112 valence electrons. The largest absolute Gasteiger partial charge is 0.307 e. The first-order chi connectivity index (χ1) is 9.83. The number of benzene rings is 1. The standard InChI is InChI=1S/C11H9Cl3N4O2S/c12-6-1-2-8(13)10(3-6)18-21(19,20)7-4-9(14)11(17-15)16-5-7/h1-5,18H,15H2,(H,16,17). The van der Waals surface area contributed by atoms with E-state index in [1.165, 1.54) is 18.2 Å². The lowest BCUT2D eigenvalue weighted by Crippen LogP contribution is -2.15. The number of nitrogens with zero attached hydrogens (tertiary/aromatic N) is 1. The molecule has 10 heteroatoms. The SMILES string of the molecule is NNc1ncc(S(=O)(=O)Nc2cc(Cl)ccc2Cl)cc1Cl. The minimum absolute atomic E-state index is 0.0672. The molecule has 0 radical (unpaired) electrons. The van der Waals surface area contributed by atoms with E-state index in [0.717, 1.165) is 6.20 Å². The van der Waals surface area contributed by atoms with E-state index < -0.39 is 10.0 Å². The molecule has 6 nitrogen and oxygen atoms in total. The highest BCUT2D eigenvalue weighted by Gasteiger charge is 2.18. The number of aromatic nitrogens is 1. The summed E-state index contributed by atoms with van der Waals surface area (Å²) in [6, 6.07) is 5.63. The molecule has 0 aliphatic heterocycles. The summed E-state index contributed by atoms with van der Waals surface area (Å²) in [6.45, 7) is 0. The summed E-state index contributed by atoms with van der Waals surface area (Å²) in [5, 5.41) is 0.621. The first-order valence-corrected chi connectivity index (χ1v) is 8.05. The maximum absolute atomic E-state index is 12.3. The van der Waals surface area contributed by atoms with Crippen LogP contribution in [0.2, 0.25) is 15.1 Å². The van der Waals surface area contributed by atoms with E-state index in [0.29, 0.717) is 5.02 Å². The quantitative estimate of drug-likeness (QED) is 0.570. The number of nitrogen functional groups attached to an aromatic ring is 1. The van der Waals surface area contributed by atoms with Gasteiger partial charge in [-0.3, -0.25) is 4.72 Å². The van der Waals surface area contributed by atoms with Crippen molar-refractivity contribution in [3.63, 3.8) is 0 Å². The average Bonchev–Trinajstić information content (AvgIpc) is 2.42. The second-order valence-electron chi connectivity index (χ2n) is 3.88. The Hall–Kier alpha value is -1.25. The third-order valence-corrected chi connectivity index (χ3v) is 4.62. The lowest BCUT2D eigenvalue weighted by atomic mass is 10.3. The molecule has 0 unspecified atom stereocenters. The molecule has 0 spiro atoms. The molecule has 2 aromatic rings. The maximum Gasteiger partial charge on any atom is 0.263 e. The molecule has 1 aromatic carbocycles. The monoisotopic (exact) mass is 366 g/mol. The van der Waals surface area contributed by atoms with Crippen LogP contribution in [0.4, 0.5) is 11.5 Å². The van der Waals surface area contributed by atoms with Crippen LogP contribution in [0.15, 0.2) is 35.4 Å². The Morgan fingerprint density at radius 2 is 1.81 bits per heavy atom. The molecular formula is C11H9Cl3N4O2S. The Labute approximate surface area is 136 Å². The van der Waals surface area contributed by atoms with Crippen LogP contribution in [0.5, 0.6) is 0 Å². The van der Waals surface area contributed by atoms with E-state index in [1.807, 2.05) is 0 Å². The lowest BCUT2D eigenvalue weighted by Gasteiger charge is -2.11. The fraction of sp³-hybridized carbons (Fsp3) is 0. The zero-order valence-corrected chi connectivity index (χ0v) is 13.4. The van der Waals surface area contributed by atoms with Crippen molar-refractivity contribution in [2.75, 3.05) is 10.1 Å². The van der Waals surface area contributed by atoms with Gasteiger partial charge in [0.05, 0.1) is 15.7 Å². The Kier molecular flexibility index (Phi) is 4.80. The number of nitrogens with one attached hydrogen (secondary N) is 2. The number of hydrazine groups is 1. The van der Waals surface area contributed by atoms with Crippen LogP contribution >= 0.6 is 34.8 Å². The molecule has 2 rings (SSSR count). The second-order valence-corrected chi connectivity index (χ2v) is 6.81. The van der Waals surface area contributed by atoms with Gasteiger partial charge in [-0.15, -0.1) is 0 Å². The van der Waals surface area contributed by atoms with Crippen LogP contribution in [0.25, 0.3) is 0 Å². The normalized spacial score (nSPS) is 11.2. The summed E-state index contributed by atoms with van der Waals surface area (Å²) in [6.07, 6.45) is 1.11. The van der Waals surface area contributed by atoms with Gasteiger partial charge in [0.1, 0.15) is 4.90 Å². The summed E-state index contributed by atoms with van der Waals surface area (Å²) in [7, 11) is -3.91. The molecule has 0 aliphatic rings. The fourth-order valence-electron chi connectivity index (χ4n) is 1.45. The van der Waals surface area contributed by atoms with Gasteiger partial charge < -0.3 is 5.43 Å². The van der Waals surface area contributed by atoms with Crippen molar-refractivity contribution < 1.29 is 8.42 Å². The molecule has 4 N–H and O–H groups in total. The zero-order chi connectivity index (χ0) is 15.6. The van der Waals surface area contributed by atoms with Gasteiger partial charge in [0.25, 0.3) is 10.0 Å². The van der Waals surface area contributed by atoms with Crippen LogP contribution in [0.1, 0.15) is 0 Å². The van der Waals surface area contributed by atoms with Crippen molar-refractivity contribution in [3.05, 3.63) is 45.5 Å². The molecule has 1 heterocycles. The van der Waals surface area contributed by atoms with E-state index in [4.69, 9.17) is 40.6 Å². The number of anilines is 2. The molecule has 0 atom stereocenters. The molecule has 0 aliphatic carbocycles.